The van der Waals surface area contributed by atoms with E-state index in [1.807, 2.05) is 0 Å². The molecular formula is C7H10BrNO3. The molecule has 2 atom stereocenters. The molecule has 5 heteroatoms. The summed E-state index contributed by atoms with van der Waals surface area (Å²) in [5.74, 6) is 0. The lowest BCUT2D eigenvalue weighted by Gasteiger charge is -2.13. The van der Waals surface area contributed by atoms with Crippen molar-refractivity contribution in [3.05, 3.63) is 22.4 Å². The molecule has 0 spiro atoms. The van der Waals surface area contributed by atoms with Crippen LogP contribution in [0.2, 0.25) is 0 Å². The third-order valence-corrected chi connectivity index (χ3v) is 2.00. The van der Waals surface area contributed by atoms with E-state index in [1.54, 1.807) is 12.3 Å². The molecule has 0 bridgehead atoms. The van der Waals surface area contributed by atoms with Crippen LogP contribution in [0.25, 0.3) is 0 Å². The predicted molar refractivity (Wildman–Crippen MR) is 46.5 cm³/mol. The smallest absolute Gasteiger partial charge is 0.122 e. The maximum absolute atomic E-state index is 9.34. The number of aromatic amines is 1. The van der Waals surface area contributed by atoms with Crippen molar-refractivity contribution in [3.63, 3.8) is 0 Å². The van der Waals surface area contributed by atoms with Crippen molar-refractivity contribution in [2.24, 2.45) is 0 Å². The minimum absolute atomic E-state index is 0.461. The van der Waals surface area contributed by atoms with Crippen molar-refractivity contribution in [1.29, 1.82) is 0 Å². The topological polar surface area (TPSA) is 76.5 Å². The van der Waals surface area contributed by atoms with Gasteiger partial charge in [-0.3, -0.25) is 0 Å². The Labute approximate surface area is 78.0 Å². The van der Waals surface area contributed by atoms with Crippen LogP contribution in [0.1, 0.15) is 11.8 Å². The Balaban J connectivity index is 2.70. The first-order valence-corrected chi connectivity index (χ1v) is 4.25. The Morgan fingerprint density at radius 3 is 2.58 bits per heavy atom. The number of aliphatic hydroxyl groups excluding tert-OH is 3. The van der Waals surface area contributed by atoms with Crippen LogP contribution >= 0.6 is 15.9 Å². The molecule has 0 fully saturated rings. The first kappa shape index (κ1) is 9.73. The third kappa shape index (κ3) is 2.07. The summed E-state index contributed by atoms with van der Waals surface area (Å²) in [6.45, 7) is -0.461. The second-order valence-electron chi connectivity index (χ2n) is 2.47. The number of rotatable bonds is 3. The minimum atomic E-state index is -1.14. The van der Waals surface area contributed by atoms with Gasteiger partial charge in [-0.15, -0.1) is 0 Å². The summed E-state index contributed by atoms with van der Waals surface area (Å²) in [6.07, 6.45) is -0.570. The van der Waals surface area contributed by atoms with E-state index in [0.717, 1.165) is 4.47 Å². The molecule has 0 saturated carbocycles. The Morgan fingerprint density at radius 1 is 1.50 bits per heavy atom. The predicted octanol–water partition coefficient (Wildman–Crippen LogP) is 0.164. The monoisotopic (exact) mass is 235 g/mol. The van der Waals surface area contributed by atoms with Gasteiger partial charge in [0.15, 0.2) is 0 Å². The van der Waals surface area contributed by atoms with Crippen LogP contribution in [0.5, 0.6) is 0 Å². The molecule has 0 aliphatic heterocycles. The molecule has 0 radical (unpaired) electrons. The maximum Gasteiger partial charge on any atom is 0.122 e. The first-order valence-electron chi connectivity index (χ1n) is 3.46. The molecule has 1 rings (SSSR count). The third-order valence-electron chi connectivity index (χ3n) is 1.54. The largest absolute Gasteiger partial charge is 0.394 e. The summed E-state index contributed by atoms with van der Waals surface area (Å²) in [4.78, 5) is 2.75. The van der Waals surface area contributed by atoms with Gasteiger partial charge in [-0.25, -0.2) is 0 Å². The van der Waals surface area contributed by atoms with Crippen molar-refractivity contribution in [3.8, 4) is 0 Å². The highest BCUT2D eigenvalue weighted by Gasteiger charge is 2.18. The second kappa shape index (κ2) is 4.04. The average molecular weight is 236 g/mol. The van der Waals surface area contributed by atoms with Crippen LogP contribution < -0.4 is 0 Å². The number of halogens is 1. The van der Waals surface area contributed by atoms with Gasteiger partial charge < -0.3 is 20.3 Å². The van der Waals surface area contributed by atoms with Gasteiger partial charge in [0.1, 0.15) is 12.2 Å². The fraction of sp³-hybridized carbons (Fsp3) is 0.429. The number of hydrogen-bond acceptors (Lipinski definition) is 3. The van der Waals surface area contributed by atoms with E-state index >= 15 is 0 Å². The molecule has 4 nitrogen and oxygen atoms in total. The van der Waals surface area contributed by atoms with Crippen molar-refractivity contribution in [2.75, 3.05) is 6.61 Å². The molecule has 0 saturated heterocycles. The molecule has 68 valence electrons. The Morgan fingerprint density at radius 2 is 2.17 bits per heavy atom. The summed E-state index contributed by atoms with van der Waals surface area (Å²) in [6, 6.07) is 1.64. The van der Waals surface area contributed by atoms with Gasteiger partial charge in [-0.2, -0.15) is 0 Å². The fourth-order valence-electron chi connectivity index (χ4n) is 0.862. The van der Waals surface area contributed by atoms with Gasteiger partial charge in [0.2, 0.25) is 0 Å². The zero-order valence-corrected chi connectivity index (χ0v) is 7.82. The zero-order chi connectivity index (χ0) is 9.14. The molecule has 1 aromatic heterocycles. The molecule has 0 aliphatic rings. The molecule has 1 aromatic rings. The second-order valence-corrected chi connectivity index (χ2v) is 3.38. The van der Waals surface area contributed by atoms with Crippen LogP contribution in [0.4, 0.5) is 0 Å². The van der Waals surface area contributed by atoms with E-state index in [9.17, 15) is 5.11 Å². The van der Waals surface area contributed by atoms with E-state index in [1.165, 1.54) is 0 Å². The SMILES string of the molecule is OCC(O)C(O)c1cc(Br)c[nH]1. The first-order chi connectivity index (χ1) is 5.65. The highest BCUT2D eigenvalue weighted by molar-refractivity contribution is 9.10. The lowest BCUT2D eigenvalue weighted by atomic mass is 10.1. The lowest BCUT2D eigenvalue weighted by molar-refractivity contribution is -0.0170. The standard InChI is InChI=1S/C7H10BrNO3/c8-4-1-5(9-2-4)7(12)6(11)3-10/h1-2,6-7,9-12H,3H2. The van der Waals surface area contributed by atoms with E-state index < -0.39 is 18.8 Å². The Bertz CT molecular complexity index is 251. The molecule has 0 aromatic carbocycles. The van der Waals surface area contributed by atoms with Gasteiger partial charge in [-0.05, 0) is 22.0 Å². The van der Waals surface area contributed by atoms with Crippen LogP contribution in [0.15, 0.2) is 16.7 Å². The molecule has 0 amide bonds. The molecule has 1 heterocycles. The van der Waals surface area contributed by atoms with Gasteiger partial charge >= 0.3 is 0 Å². The number of aromatic nitrogens is 1. The zero-order valence-electron chi connectivity index (χ0n) is 6.24. The molecule has 12 heavy (non-hydrogen) atoms. The highest BCUT2D eigenvalue weighted by atomic mass is 79.9. The van der Waals surface area contributed by atoms with Gasteiger partial charge in [0, 0.05) is 16.4 Å². The maximum atomic E-state index is 9.34. The summed E-state index contributed by atoms with van der Waals surface area (Å²) in [7, 11) is 0. The lowest BCUT2D eigenvalue weighted by Crippen LogP contribution is -2.22. The minimum Gasteiger partial charge on any atom is -0.394 e. The normalized spacial score (nSPS) is 16.0. The summed E-state index contributed by atoms with van der Waals surface area (Å²) < 4.78 is 0.793. The summed E-state index contributed by atoms with van der Waals surface area (Å²) >= 11 is 3.18. The van der Waals surface area contributed by atoms with Crippen molar-refractivity contribution >= 4 is 15.9 Å². The van der Waals surface area contributed by atoms with E-state index in [2.05, 4.69) is 20.9 Å². The highest BCUT2D eigenvalue weighted by Crippen LogP contribution is 2.19. The molecular weight excluding hydrogens is 226 g/mol. The summed E-state index contributed by atoms with van der Waals surface area (Å²) in [5, 5.41) is 26.9. The van der Waals surface area contributed by atoms with Gasteiger partial charge in [0.05, 0.1) is 6.61 Å². The van der Waals surface area contributed by atoms with Crippen molar-refractivity contribution in [2.45, 2.75) is 12.2 Å². The fourth-order valence-corrected chi connectivity index (χ4v) is 1.22. The Hall–Kier alpha value is -0.360. The van der Waals surface area contributed by atoms with Crippen molar-refractivity contribution in [1.82, 2.24) is 4.98 Å². The number of aliphatic hydroxyl groups is 3. The summed E-state index contributed by atoms with van der Waals surface area (Å²) in [5.41, 5.74) is 0.475. The van der Waals surface area contributed by atoms with Crippen LogP contribution in [-0.4, -0.2) is 33.0 Å². The van der Waals surface area contributed by atoms with Gasteiger partial charge in [0.25, 0.3) is 0 Å². The molecule has 0 aliphatic carbocycles. The average Bonchev–Trinajstić information content (AvgIpc) is 2.49. The van der Waals surface area contributed by atoms with E-state index in [-0.39, 0.29) is 0 Å². The van der Waals surface area contributed by atoms with E-state index in [4.69, 9.17) is 10.2 Å². The number of nitrogens with one attached hydrogen (secondary N) is 1. The van der Waals surface area contributed by atoms with Gasteiger partial charge in [-0.1, -0.05) is 0 Å². The molecule has 2 unspecified atom stereocenters. The molecule has 4 N–H and O–H groups in total. The number of hydrogen-bond donors (Lipinski definition) is 4. The van der Waals surface area contributed by atoms with Crippen LogP contribution in [0.3, 0.4) is 0 Å². The number of H-pyrrole nitrogens is 1. The van der Waals surface area contributed by atoms with Crippen LogP contribution in [0, 0.1) is 0 Å². The quantitative estimate of drug-likeness (QED) is 0.604. The Kier molecular flexibility index (Phi) is 3.28. The van der Waals surface area contributed by atoms with Crippen LogP contribution in [-0.2, 0) is 0 Å². The van der Waals surface area contributed by atoms with Crippen molar-refractivity contribution < 1.29 is 15.3 Å². The van der Waals surface area contributed by atoms with E-state index in [0.29, 0.717) is 5.69 Å².